The molecule has 1 saturated carbocycles. The number of rotatable bonds is 2. The van der Waals surface area contributed by atoms with Gasteiger partial charge in [-0.2, -0.15) is 4.98 Å². The van der Waals surface area contributed by atoms with Crippen LogP contribution >= 0.6 is 0 Å². The highest BCUT2D eigenvalue weighted by atomic mass is 16.5. The van der Waals surface area contributed by atoms with Crippen molar-refractivity contribution in [3.8, 4) is 0 Å². The number of nitrogens with two attached hydrogens (primary N) is 1. The smallest absolute Gasteiger partial charge is 0.244 e. The second-order valence-electron chi connectivity index (χ2n) is 6.17. The molecule has 2 N–H and O–H groups in total. The van der Waals surface area contributed by atoms with Gasteiger partial charge in [-0.3, -0.25) is 0 Å². The lowest BCUT2D eigenvalue weighted by molar-refractivity contribution is 0.251. The molecule has 0 bridgehead atoms. The minimum atomic E-state index is -0.188. The average Bonchev–Trinajstić information content (AvgIpc) is 2.77. The van der Waals surface area contributed by atoms with Crippen LogP contribution in [0.1, 0.15) is 76.6 Å². The molecule has 0 amide bonds. The summed E-state index contributed by atoms with van der Waals surface area (Å²) in [5.74, 6) is 1.92. The van der Waals surface area contributed by atoms with E-state index >= 15 is 0 Å². The summed E-state index contributed by atoms with van der Waals surface area (Å²) in [6.07, 6.45) is 6.26. The molecule has 1 aliphatic rings. The molecule has 1 aliphatic carbocycles. The van der Waals surface area contributed by atoms with Crippen LogP contribution in [0.2, 0.25) is 0 Å². The summed E-state index contributed by atoms with van der Waals surface area (Å²) in [5, 5.41) is 4.11. The predicted molar refractivity (Wildman–Crippen MR) is 66.5 cm³/mol. The first kappa shape index (κ1) is 12.6. The van der Waals surface area contributed by atoms with Gasteiger partial charge in [-0.1, -0.05) is 45.2 Å². The molecule has 4 heteroatoms. The van der Waals surface area contributed by atoms with Gasteiger partial charge >= 0.3 is 0 Å². The molecule has 96 valence electrons. The Balaban J connectivity index is 2.10. The van der Waals surface area contributed by atoms with Crippen molar-refractivity contribution in [1.82, 2.24) is 10.1 Å². The second-order valence-corrected chi connectivity index (χ2v) is 6.17. The van der Waals surface area contributed by atoms with Gasteiger partial charge in [0.2, 0.25) is 5.89 Å². The molecule has 0 aromatic carbocycles. The molecule has 1 aromatic heterocycles. The number of hydrogen-bond donors (Lipinski definition) is 1. The normalized spacial score (nSPS) is 20.5. The van der Waals surface area contributed by atoms with Gasteiger partial charge < -0.3 is 10.3 Å². The summed E-state index contributed by atoms with van der Waals surface area (Å²) < 4.78 is 5.32. The van der Waals surface area contributed by atoms with Crippen molar-refractivity contribution in [2.45, 2.75) is 64.8 Å². The molecule has 4 nitrogen and oxygen atoms in total. The molecule has 1 fully saturated rings. The van der Waals surface area contributed by atoms with E-state index in [-0.39, 0.29) is 11.5 Å². The second kappa shape index (κ2) is 4.77. The van der Waals surface area contributed by atoms with E-state index in [1.807, 2.05) is 0 Å². The zero-order valence-electron chi connectivity index (χ0n) is 11.1. The molecule has 1 aromatic rings. The molecule has 1 atom stereocenters. The highest BCUT2D eigenvalue weighted by Crippen LogP contribution is 2.33. The maximum atomic E-state index is 6.12. The Bertz CT molecular complexity index is 361. The largest absolute Gasteiger partial charge is 0.338 e. The Morgan fingerprint density at radius 2 is 1.88 bits per heavy atom. The molecule has 0 aliphatic heterocycles. The van der Waals surface area contributed by atoms with Crippen LogP contribution in [0, 0.1) is 5.41 Å². The summed E-state index contributed by atoms with van der Waals surface area (Å²) in [7, 11) is 0. The molecule has 0 spiro atoms. The standard InChI is InChI=1S/C13H23N3O/c1-13(2,3)10(14)12-15-11(16-17-12)9-7-5-4-6-8-9/h9-10H,4-8,14H2,1-3H3/t10-/m0/s1. The lowest BCUT2D eigenvalue weighted by Crippen LogP contribution is -2.26. The van der Waals surface area contributed by atoms with Gasteiger partial charge in [0.05, 0.1) is 6.04 Å². The third-order valence-corrected chi connectivity index (χ3v) is 3.63. The summed E-state index contributed by atoms with van der Waals surface area (Å²) >= 11 is 0. The van der Waals surface area contributed by atoms with Crippen molar-refractivity contribution in [3.63, 3.8) is 0 Å². The maximum Gasteiger partial charge on any atom is 0.244 e. The van der Waals surface area contributed by atoms with E-state index in [4.69, 9.17) is 10.3 Å². The summed E-state index contributed by atoms with van der Waals surface area (Å²) in [4.78, 5) is 4.50. The fourth-order valence-corrected chi connectivity index (χ4v) is 2.27. The van der Waals surface area contributed by atoms with E-state index in [9.17, 15) is 0 Å². The molecule has 1 heterocycles. The highest BCUT2D eigenvalue weighted by Gasteiger charge is 2.29. The molecular weight excluding hydrogens is 214 g/mol. The van der Waals surface area contributed by atoms with Gasteiger partial charge in [-0.25, -0.2) is 0 Å². The quantitative estimate of drug-likeness (QED) is 0.858. The number of hydrogen-bond acceptors (Lipinski definition) is 4. The number of nitrogens with zero attached hydrogens (tertiary/aromatic N) is 2. The Morgan fingerprint density at radius 1 is 1.24 bits per heavy atom. The van der Waals surface area contributed by atoms with Gasteiger partial charge in [-0.15, -0.1) is 0 Å². The van der Waals surface area contributed by atoms with Crippen molar-refractivity contribution in [3.05, 3.63) is 11.7 Å². The highest BCUT2D eigenvalue weighted by molar-refractivity contribution is 5.01. The van der Waals surface area contributed by atoms with Gasteiger partial charge in [0.25, 0.3) is 0 Å². The van der Waals surface area contributed by atoms with Crippen LogP contribution in [0.25, 0.3) is 0 Å². The van der Waals surface area contributed by atoms with Crippen LogP contribution in [0.4, 0.5) is 0 Å². The van der Waals surface area contributed by atoms with E-state index in [0.717, 1.165) is 5.82 Å². The third kappa shape index (κ3) is 2.86. The van der Waals surface area contributed by atoms with E-state index in [0.29, 0.717) is 11.8 Å². The summed E-state index contributed by atoms with van der Waals surface area (Å²) in [5.41, 5.74) is 6.07. The first-order chi connectivity index (χ1) is 7.98. The van der Waals surface area contributed by atoms with Crippen molar-refractivity contribution < 1.29 is 4.52 Å². The van der Waals surface area contributed by atoms with Gasteiger partial charge in [0, 0.05) is 5.92 Å². The van der Waals surface area contributed by atoms with Crippen molar-refractivity contribution in [2.75, 3.05) is 0 Å². The Morgan fingerprint density at radius 3 is 2.47 bits per heavy atom. The van der Waals surface area contributed by atoms with Gasteiger partial charge in [0.15, 0.2) is 5.82 Å². The Kier molecular flexibility index (Phi) is 3.52. The van der Waals surface area contributed by atoms with Crippen LogP contribution in [-0.2, 0) is 0 Å². The lowest BCUT2D eigenvalue weighted by Gasteiger charge is -2.23. The fourth-order valence-electron chi connectivity index (χ4n) is 2.27. The van der Waals surface area contributed by atoms with Crippen molar-refractivity contribution in [1.29, 1.82) is 0 Å². The minimum Gasteiger partial charge on any atom is -0.338 e. The third-order valence-electron chi connectivity index (χ3n) is 3.63. The topological polar surface area (TPSA) is 64.9 Å². The molecule has 2 rings (SSSR count). The van der Waals surface area contributed by atoms with Crippen LogP contribution in [0.15, 0.2) is 4.52 Å². The maximum absolute atomic E-state index is 6.12. The average molecular weight is 237 g/mol. The van der Waals surface area contributed by atoms with Crippen LogP contribution in [0.5, 0.6) is 0 Å². The lowest BCUT2D eigenvalue weighted by atomic mass is 9.87. The van der Waals surface area contributed by atoms with Crippen LogP contribution in [0.3, 0.4) is 0 Å². The molecule has 0 radical (unpaired) electrons. The number of aromatic nitrogens is 2. The van der Waals surface area contributed by atoms with E-state index in [2.05, 4.69) is 30.9 Å². The monoisotopic (exact) mass is 237 g/mol. The Labute approximate surface area is 103 Å². The summed E-state index contributed by atoms with van der Waals surface area (Å²) in [6.45, 7) is 6.26. The van der Waals surface area contributed by atoms with E-state index in [1.165, 1.54) is 32.1 Å². The van der Waals surface area contributed by atoms with Crippen LogP contribution < -0.4 is 5.73 Å². The first-order valence-corrected chi connectivity index (χ1v) is 6.57. The minimum absolute atomic E-state index is 0.0453. The molecule has 0 unspecified atom stereocenters. The van der Waals surface area contributed by atoms with Crippen molar-refractivity contribution in [2.24, 2.45) is 11.1 Å². The first-order valence-electron chi connectivity index (χ1n) is 6.57. The summed E-state index contributed by atoms with van der Waals surface area (Å²) in [6, 6.07) is -0.188. The Hall–Kier alpha value is -0.900. The van der Waals surface area contributed by atoms with Crippen molar-refractivity contribution >= 4 is 0 Å². The molecule has 17 heavy (non-hydrogen) atoms. The predicted octanol–water partition coefficient (Wildman–Crippen LogP) is 3.16. The zero-order valence-corrected chi connectivity index (χ0v) is 11.1. The fraction of sp³-hybridized carbons (Fsp3) is 0.846. The van der Waals surface area contributed by atoms with Gasteiger partial charge in [-0.05, 0) is 18.3 Å². The van der Waals surface area contributed by atoms with E-state index in [1.54, 1.807) is 0 Å². The van der Waals surface area contributed by atoms with Gasteiger partial charge in [0.1, 0.15) is 0 Å². The van der Waals surface area contributed by atoms with Crippen LogP contribution in [-0.4, -0.2) is 10.1 Å². The zero-order chi connectivity index (χ0) is 12.5. The molecule has 0 saturated heterocycles. The SMILES string of the molecule is CC(C)(C)[C@@H](N)c1nc(C2CCCCC2)no1. The van der Waals surface area contributed by atoms with E-state index < -0.39 is 0 Å². The molecular formula is C13H23N3O.